The fraction of sp³-hybridized carbons (Fsp3) is 0.400. The molecule has 0 saturated heterocycles. The van der Waals surface area contributed by atoms with E-state index in [1.165, 1.54) is 13.1 Å². The first-order valence-corrected chi connectivity index (χ1v) is 11.0. The SMILES string of the molecule is CNC(=O)c1cc(OCCCC(F)(F)F)c2sc(C(F)(F)P(=O)(O)O)c(Br)c2c1. The minimum absolute atomic E-state index is 0.000313. The summed E-state index contributed by atoms with van der Waals surface area (Å²) in [5.41, 5.74) is -4.55. The molecule has 1 amide bonds. The number of halogens is 6. The van der Waals surface area contributed by atoms with E-state index in [-0.39, 0.29) is 25.9 Å². The lowest BCUT2D eigenvalue weighted by Gasteiger charge is -2.16. The molecule has 2 rings (SSSR count). The van der Waals surface area contributed by atoms with E-state index in [0.717, 1.165) is 6.07 Å². The van der Waals surface area contributed by atoms with Crippen LogP contribution in [0.15, 0.2) is 16.6 Å². The summed E-state index contributed by atoms with van der Waals surface area (Å²) in [6.45, 7) is -0.411. The molecule has 0 bridgehead atoms. The summed E-state index contributed by atoms with van der Waals surface area (Å²) in [5.74, 6) is -0.768. The molecule has 0 atom stereocenters. The number of amides is 1. The Hall–Kier alpha value is -1.27. The highest BCUT2D eigenvalue weighted by Crippen LogP contribution is 2.63. The maximum absolute atomic E-state index is 14.2. The smallest absolute Gasteiger partial charge is 0.400 e. The molecule has 0 radical (unpaired) electrons. The summed E-state index contributed by atoms with van der Waals surface area (Å²) in [7, 11) is -4.56. The van der Waals surface area contributed by atoms with E-state index >= 15 is 0 Å². The minimum Gasteiger partial charge on any atom is -0.492 e. The molecule has 0 aliphatic carbocycles. The average Bonchev–Trinajstić information content (AvgIpc) is 2.93. The maximum Gasteiger partial charge on any atom is 0.400 e. The second-order valence-electron chi connectivity index (χ2n) is 5.83. The van der Waals surface area contributed by atoms with Crippen molar-refractivity contribution in [3.8, 4) is 5.75 Å². The van der Waals surface area contributed by atoms with Crippen LogP contribution in [0.1, 0.15) is 28.1 Å². The van der Waals surface area contributed by atoms with E-state index in [4.69, 9.17) is 14.5 Å². The van der Waals surface area contributed by atoms with E-state index in [0.29, 0.717) is 11.3 Å². The first-order valence-electron chi connectivity index (χ1n) is 7.80. The molecule has 0 aliphatic rings. The Labute approximate surface area is 173 Å². The number of carbonyl (C=O) groups is 1. The summed E-state index contributed by atoms with van der Waals surface area (Å²) in [6.07, 6.45) is -5.93. The molecule has 1 heterocycles. The van der Waals surface area contributed by atoms with Crippen molar-refractivity contribution in [2.24, 2.45) is 0 Å². The molecule has 0 unspecified atom stereocenters. The van der Waals surface area contributed by atoms with Gasteiger partial charge in [0.15, 0.2) is 0 Å². The molecular weight excluding hydrogens is 512 g/mol. The molecule has 3 N–H and O–H groups in total. The molecule has 6 nitrogen and oxygen atoms in total. The third-order valence-electron chi connectivity index (χ3n) is 3.69. The van der Waals surface area contributed by atoms with Crippen LogP contribution in [0.5, 0.6) is 5.75 Å². The quantitative estimate of drug-likeness (QED) is 0.269. The highest BCUT2D eigenvalue weighted by Gasteiger charge is 2.53. The fourth-order valence-electron chi connectivity index (χ4n) is 2.30. The van der Waals surface area contributed by atoms with E-state index in [9.17, 15) is 31.3 Å². The van der Waals surface area contributed by atoms with Gasteiger partial charge in [0, 0.05) is 28.9 Å². The van der Waals surface area contributed by atoms with Gasteiger partial charge < -0.3 is 19.8 Å². The van der Waals surface area contributed by atoms with Crippen LogP contribution in [0, 0.1) is 0 Å². The summed E-state index contributed by atoms with van der Waals surface area (Å²) in [4.78, 5) is 28.9. The van der Waals surface area contributed by atoms with E-state index in [2.05, 4.69) is 21.2 Å². The Morgan fingerprint density at radius 2 is 1.90 bits per heavy atom. The Morgan fingerprint density at radius 3 is 2.41 bits per heavy atom. The Morgan fingerprint density at radius 1 is 1.28 bits per heavy atom. The van der Waals surface area contributed by atoms with Gasteiger partial charge in [-0.2, -0.15) is 22.0 Å². The summed E-state index contributed by atoms with van der Waals surface area (Å²) in [5, 5.41) is 2.32. The van der Waals surface area contributed by atoms with Crippen LogP contribution in [0.2, 0.25) is 0 Å². The van der Waals surface area contributed by atoms with Gasteiger partial charge in [-0.25, -0.2) is 0 Å². The lowest BCUT2D eigenvalue weighted by Crippen LogP contribution is -2.17. The number of hydrogen-bond acceptors (Lipinski definition) is 4. The van der Waals surface area contributed by atoms with Crippen LogP contribution < -0.4 is 10.1 Å². The number of carbonyl (C=O) groups excluding carboxylic acids is 1. The van der Waals surface area contributed by atoms with Crippen molar-refractivity contribution >= 4 is 50.9 Å². The van der Waals surface area contributed by atoms with Gasteiger partial charge in [-0.3, -0.25) is 9.36 Å². The second kappa shape index (κ2) is 8.46. The van der Waals surface area contributed by atoms with Crippen LogP contribution in [-0.2, 0) is 10.2 Å². The Kier molecular flexibility index (Phi) is 7.00. The first kappa shape index (κ1) is 24.0. The molecule has 29 heavy (non-hydrogen) atoms. The standard InChI is InChI=1S/C15H14BrF5NO5PS/c1-22-13(23)7-5-8-10(16)12(15(20,21)28(24,25)26)29-11(8)9(6-7)27-4-2-3-14(17,18)19/h5-6H,2-4H2,1H3,(H,22,23)(H2,24,25,26). The molecule has 0 saturated carbocycles. The van der Waals surface area contributed by atoms with Gasteiger partial charge in [-0.05, 0) is 34.5 Å². The number of ether oxygens (including phenoxy) is 1. The summed E-state index contributed by atoms with van der Waals surface area (Å²) >= 11 is 3.19. The van der Waals surface area contributed by atoms with Gasteiger partial charge in [0.25, 0.3) is 5.91 Å². The van der Waals surface area contributed by atoms with Crippen LogP contribution in [0.3, 0.4) is 0 Å². The van der Waals surface area contributed by atoms with Crippen molar-refractivity contribution in [1.29, 1.82) is 0 Å². The van der Waals surface area contributed by atoms with Crippen LogP contribution >= 0.6 is 34.9 Å². The fourth-order valence-corrected chi connectivity index (χ4v) is 5.28. The highest BCUT2D eigenvalue weighted by atomic mass is 79.9. The van der Waals surface area contributed by atoms with Gasteiger partial charge in [0.2, 0.25) is 0 Å². The Balaban J connectivity index is 2.55. The van der Waals surface area contributed by atoms with Gasteiger partial charge >= 0.3 is 19.4 Å². The van der Waals surface area contributed by atoms with Crippen molar-refractivity contribution < 1.29 is 45.8 Å². The van der Waals surface area contributed by atoms with E-state index in [1.54, 1.807) is 0 Å². The number of thiophene rings is 1. The maximum atomic E-state index is 14.2. The second-order valence-corrected chi connectivity index (χ2v) is 9.29. The zero-order valence-electron chi connectivity index (χ0n) is 14.5. The summed E-state index contributed by atoms with van der Waals surface area (Å²) in [6, 6.07) is 2.37. The predicted octanol–water partition coefficient (Wildman–Crippen LogP) is 4.97. The number of rotatable bonds is 7. The molecule has 14 heteroatoms. The van der Waals surface area contributed by atoms with Crippen LogP contribution in [0.25, 0.3) is 10.1 Å². The minimum atomic E-state index is -5.87. The zero-order valence-corrected chi connectivity index (χ0v) is 17.8. The molecule has 0 fully saturated rings. The number of benzene rings is 1. The number of alkyl halides is 5. The Bertz CT molecular complexity index is 974. The summed E-state index contributed by atoms with van der Waals surface area (Å²) < 4.78 is 81.5. The van der Waals surface area contributed by atoms with Gasteiger partial charge in [0.1, 0.15) is 10.6 Å². The molecule has 2 aromatic rings. The molecule has 162 valence electrons. The van der Waals surface area contributed by atoms with Crippen molar-refractivity contribution in [3.05, 3.63) is 27.0 Å². The third-order valence-corrected chi connectivity index (χ3v) is 7.17. The molecule has 0 aliphatic heterocycles. The van der Waals surface area contributed by atoms with Gasteiger partial charge in [0.05, 0.1) is 11.3 Å². The largest absolute Gasteiger partial charge is 0.492 e. The number of hydrogen-bond donors (Lipinski definition) is 3. The van der Waals surface area contributed by atoms with Crippen molar-refractivity contribution in [2.75, 3.05) is 13.7 Å². The van der Waals surface area contributed by atoms with Crippen LogP contribution in [-0.4, -0.2) is 35.5 Å². The molecular formula is C15H14BrF5NO5PS. The predicted molar refractivity (Wildman–Crippen MR) is 99.6 cm³/mol. The molecule has 1 aromatic carbocycles. The van der Waals surface area contributed by atoms with Crippen molar-refractivity contribution in [1.82, 2.24) is 5.32 Å². The zero-order chi connectivity index (χ0) is 22.2. The molecule has 0 spiro atoms. The van der Waals surface area contributed by atoms with E-state index < -0.39 is 49.7 Å². The average molecular weight is 526 g/mol. The lowest BCUT2D eigenvalue weighted by molar-refractivity contribution is -0.136. The van der Waals surface area contributed by atoms with Gasteiger partial charge in [-0.1, -0.05) is 0 Å². The van der Waals surface area contributed by atoms with Gasteiger partial charge in [-0.15, -0.1) is 11.3 Å². The normalized spacial score (nSPS) is 13.0. The topological polar surface area (TPSA) is 95.9 Å². The van der Waals surface area contributed by atoms with Crippen LogP contribution in [0.4, 0.5) is 22.0 Å². The number of nitrogens with one attached hydrogen (secondary N) is 1. The van der Waals surface area contributed by atoms with Crippen molar-refractivity contribution in [2.45, 2.75) is 24.7 Å². The number of fused-ring (bicyclic) bond motifs is 1. The first-order chi connectivity index (χ1) is 13.2. The third kappa shape index (κ3) is 5.26. The lowest BCUT2D eigenvalue weighted by atomic mass is 10.1. The molecule has 1 aromatic heterocycles. The van der Waals surface area contributed by atoms with E-state index in [1.807, 2.05) is 0 Å². The highest BCUT2D eigenvalue weighted by molar-refractivity contribution is 9.10. The van der Waals surface area contributed by atoms with Crippen molar-refractivity contribution in [3.63, 3.8) is 0 Å². The monoisotopic (exact) mass is 525 g/mol.